The monoisotopic (exact) mass is 342 g/mol. The van der Waals surface area contributed by atoms with E-state index in [1.807, 2.05) is 39.1 Å². The first kappa shape index (κ1) is 19.2. The molecule has 0 fully saturated rings. The Hall–Kier alpha value is -2.10. The molecule has 25 heavy (non-hydrogen) atoms. The van der Waals surface area contributed by atoms with Crippen molar-refractivity contribution in [2.24, 2.45) is 4.99 Å². The summed E-state index contributed by atoms with van der Waals surface area (Å²) in [5, 5.41) is 0. The zero-order valence-corrected chi connectivity index (χ0v) is 14.9. The van der Waals surface area contributed by atoms with E-state index in [-0.39, 0.29) is 19.9 Å². The Labute approximate surface area is 151 Å². The number of hydrogen-bond acceptors (Lipinski definition) is 3. The molecule has 0 aromatic heterocycles. The molecule has 4 nitrogen and oxygen atoms in total. The number of carbonyl (C=O) groups excluding carboxylic acids is 1. The largest absolute Gasteiger partial charge is 0.483 e. The predicted molar refractivity (Wildman–Crippen MR) is 103 cm³/mol. The Balaban J connectivity index is 0.00000225. The molecular weight excluding hydrogens is 312 g/mol. The van der Waals surface area contributed by atoms with Crippen LogP contribution in [0.3, 0.4) is 0 Å². The number of aryl methyl sites for hydroxylation is 1. The maximum atomic E-state index is 12.5. The van der Waals surface area contributed by atoms with E-state index < -0.39 is 0 Å². The van der Waals surface area contributed by atoms with Gasteiger partial charge in [0.1, 0.15) is 11.6 Å². The molecule has 0 unspecified atom stereocenters. The van der Waals surface area contributed by atoms with Crippen molar-refractivity contribution in [3.8, 4) is 5.75 Å². The predicted octanol–water partition coefficient (Wildman–Crippen LogP) is 4.80. The molecule has 1 amide bonds. The molecule has 1 aliphatic carbocycles. The zero-order chi connectivity index (χ0) is 17.1. The van der Waals surface area contributed by atoms with Crippen molar-refractivity contribution in [3.63, 3.8) is 0 Å². The van der Waals surface area contributed by atoms with Crippen molar-refractivity contribution in [3.05, 3.63) is 40.6 Å². The van der Waals surface area contributed by atoms with Crippen molar-refractivity contribution >= 4 is 11.7 Å². The number of aliphatic imine (C=N–C) groups is 1. The molecule has 1 heterocycles. The van der Waals surface area contributed by atoms with Gasteiger partial charge in [0.25, 0.3) is 5.91 Å². The standard InChI is InChI=1S/C20H26N2O2.CH4/c1-14-7-6-10-18(15(14)2)24-13-20(23)22(3)19-12-11-16-8-4-5-9-17(16)21-19;/h6-7,10H,4-5,8-9,11-13H2,1-3H3;1H4. The molecule has 0 spiro atoms. The molecule has 0 saturated carbocycles. The molecule has 1 aliphatic heterocycles. The SMILES string of the molecule is C.Cc1cccc(OCC(=O)N(C)C2=NC3=C(CCCC3)CC2)c1C. The molecule has 0 N–H and O–H groups in total. The molecule has 0 bridgehead atoms. The van der Waals surface area contributed by atoms with Crippen LogP contribution in [0, 0.1) is 13.8 Å². The van der Waals surface area contributed by atoms with Crippen LogP contribution in [0.4, 0.5) is 0 Å². The number of likely N-dealkylation sites (N-methyl/N-ethyl adjacent to an activating group) is 1. The summed E-state index contributed by atoms with van der Waals surface area (Å²) in [6, 6.07) is 5.91. The lowest BCUT2D eigenvalue weighted by Gasteiger charge is -2.27. The van der Waals surface area contributed by atoms with Crippen molar-refractivity contribution in [2.45, 2.75) is 59.8 Å². The van der Waals surface area contributed by atoms with Crippen LogP contribution in [0.2, 0.25) is 0 Å². The molecule has 0 radical (unpaired) electrons. The fourth-order valence-electron chi connectivity index (χ4n) is 3.33. The minimum absolute atomic E-state index is 0. The van der Waals surface area contributed by atoms with Gasteiger partial charge in [-0.3, -0.25) is 4.79 Å². The number of nitrogens with zero attached hydrogens (tertiary/aromatic N) is 2. The number of allylic oxidation sites excluding steroid dienone is 2. The van der Waals surface area contributed by atoms with Gasteiger partial charge in [0.2, 0.25) is 0 Å². The van der Waals surface area contributed by atoms with E-state index in [9.17, 15) is 4.79 Å². The summed E-state index contributed by atoms with van der Waals surface area (Å²) in [4.78, 5) is 18.9. The average molecular weight is 342 g/mol. The van der Waals surface area contributed by atoms with E-state index in [1.165, 1.54) is 36.1 Å². The van der Waals surface area contributed by atoms with Crippen molar-refractivity contribution in [2.75, 3.05) is 13.7 Å². The molecule has 0 saturated heterocycles. The number of hydrogen-bond donors (Lipinski definition) is 0. The van der Waals surface area contributed by atoms with Crippen molar-refractivity contribution < 1.29 is 9.53 Å². The highest BCUT2D eigenvalue weighted by molar-refractivity contribution is 5.99. The summed E-state index contributed by atoms with van der Waals surface area (Å²) >= 11 is 0. The molecule has 4 heteroatoms. The number of benzene rings is 1. The number of rotatable bonds is 3. The van der Waals surface area contributed by atoms with E-state index in [4.69, 9.17) is 9.73 Å². The van der Waals surface area contributed by atoms with Crippen LogP contribution in [0.25, 0.3) is 0 Å². The van der Waals surface area contributed by atoms with Crippen LogP contribution in [0.5, 0.6) is 5.75 Å². The smallest absolute Gasteiger partial charge is 0.265 e. The van der Waals surface area contributed by atoms with Gasteiger partial charge in [-0.05, 0) is 68.7 Å². The maximum absolute atomic E-state index is 12.5. The van der Waals surface area contributed by atoms with Crippen LogP contribution < -0.4 is 4.74 Å². The Morgan fingerprint density at radius 1 is 1.16 bits per heavy atom. The normalized spacial score (nSPS) is 16.5. The minimum Gasteiger partial charge on any atom is -0.483 e. The second kappa shape index (κ2) is 8.32. The highest BCUT2D eigenvalue weighted by Crippen LogP contribution is 2.32. The molecule has 0 atom stereocenters. The van der Waals surface area contributed by atoms with Gasteiger partial charge in [-0.15, -0.1) is 0 Å². The van der Waals surface area contributed by atoms with Crippen molar-refractivity contribution in [1.82, 2.24) is 4.90 Å². The zero-order valence-electron chi connectivity index (χ0n) is 14.9. The van der Waals surface area contributed by atoms with E-state index in [0.717, 1.165) is 36.4 Å². The average Bonchev–Trinajstić information content (AvgIpc) is 2.61. The Morgan fingerprint density at radius 2 is 1.92 bits per heavy atom. The molecule has 136 valence electrons. The van der Waals surface area contributed by atoms with Gasteiger partial charge in [0.05, 0.1) is 0 Å². The van der Waals surface area contributed by atoms with Crippen LogP contribution in [0.15, 0.2) is 34.5 Å². The van der Waals surface area contributed by atoms with Gasteiger partial charge in [-0.1, -0.05) is 19.6 Å². The first-order chi connectivity index (χ1) is 11.6. The lowest BCUT2D eigenvalue weighted by molar-refractivity contribution is -0.128. The quantitative estimate of drug-likeness (QED) is 0.792. The highest BCUT2D eigenvalue weighted by Gasteiger charge is 2.23. The number of amides is 1. The molecule has 2 aliphatic rings. The first-order valence-corrected chi connectivity index (χ1v) is 8.80. The van der Waals surface area contributed by atoms with Gasteiger partial charge in [-0.25, -0.2) is 4.99 Å². The third-order valence-corrected chi connectivity index (χ3v) is 5.13. The summed E-state index contributed by atoms with van der Waals surface area (Å²) in [5.41, 5.74) is 4.97. The molecule has 1 aromatic carbocycles. The summed E-state index contributed by atoms with van der Waals surface area (Å²) < 4.78 is 5.74. The van der Waals surface area contributed by atoms with Crippen LogP contribution in [-0.2, 0) is 4.79 Å². The van der Waals surface area contributed by atoms with Crippen LogP contribution in [0.1, 0.15) is 57.1 Å². The Kier molecular flexibility index (Phi) is 6.40. The number of ether oxygens (including phenoxy) is 1. The highest BCUT2D eigenvalue weighted by atomic mass is 16.5. The molecular formula is C21H30N2O2. The summed E-state index contributed by atoms with van der Waals surface area (Å²) in [6.07, 6.45) is 6.62. The maximum Gasteiger partial charge on any atom is 0.265 e. The summed E-state index contributed by atoms with van der Waals surface area (Å²) in [6.45, 7) is 4.11. The summed E-state index contributed by atoms with van der Waals surface area (Å²) in [5.74, 6) is 1.61. The third kappa shape index (κ3) is 4.30. The van der Waals surface area contributed by atoms with Gasteiger partial charge >= 0.3 is 0 Å². The lowest BCUT2D eigenvalue weighted by atomic mass is 9.91. The second-order valence-electron chi connectivity index (χ2n) is 6.72. The van der Waals surface area contributed by atoms with Gasteiger partial charge in [0, 0.05) is 19.2 Å². The lowest BCUT2D eigenvalue weighted by Crippen LogP contribution is -2.37. The fourth-order valence-corrected chi connectivity index (χ4v) is 3.33. The molecule has 1 aromatic rings. The number of carbonyl (C=O) groups is 1. The van der Waals surface area contributed by atoms with E-state index >= 15 is 0 Å². The van der Waals surface area contributed by atoms with E-state index in [2.05, 4.69) is 0 Å². The Morgan fingerprint density at radius 3 is 2.72 bits per heavy atom. The van der Waals surface area contributed by atoms with Crippen LogP contribution >= 0.6 is 0 Å². The Bertz CT molecular complexity index is 704. The van der Waals surface area contributed by atoms with Crippen LogP contribution in [-0.4, -0.2) is 30.3 Å². The van der Waals surface area contributed by atoms with Gasteiger partial charge in [-0.2, -0.15) is 0 Å². The summed E-state index contributed by atoms with van der Waals surface area (Å²) in [7, 11) is 1.81. The second-order valence-corrected chi connectivity index (χ2v) is 6.72. The minimum atomic E-state index is -0.0467. The fraction of sp³-hybridized carbons (Fsp3) is 0.524. The topological polar surface area (TPSA) is 41.9 Å². The first-order valence-electron chi connectivity index (χ1n) is 8.80. The van der Waals surface area contributed by atoms with E-state index in [0.29, 0.717) is 0 Å². The van der Waals surface area contributed by atoms with Gasteiger partial charge in [0.15, 0.2) is 6.61 Å². The molecule has 3 rings (SSSR count). The van der Waals surface area contributed by atoms with Gasteiger partial charge < -0.3 is 9.64 Å². The van der Waals surface area contributed by atoms with E-state index in [1.54, 1.807) is 4.90 Å². The third-order valence-electron chi connectivity index (χ3n) is 5.13. The van der Waals surface area contributed by atoms with Crippen molar-refractivity contribution in [1.29, 1.82) is 0 Å². The number of amidine groups is 1.